The van der Waals surface area contributed by atoms with Gasteiger partial charge in [0.2, 0.25) is 0 Å². The first-order valence-corrected chi connectivity index (χ1v) is 9.18. The Balaban J connectivity index is 1.93. The maximum absolute atomic E-state index is 6.02. The summed E-state index contributed by atoms with van der Waals surface area (Å²) in [5.41, 5.74) is 3.47. The number of ether oxygens (including phenoxy) is 2. The second-order valence-electron chi connectivity index (χ2n) is 6.68. The molecule has 0 spiro atoms. The van der Waals surface area contributed by atoms with Crippen molar-refractivity contribution in [1.29, 1.82) is 0 Å². The van der Waals surface area contributed by atoms with Crippen LogP contribution in [0, 0.1) is 0 Å². The lowest BCUT2D eigenvalue weighted by Gasteiger charge is -2.34. The van der Waals surface area contributed by atoms with Crippen LogP contribution in [0.2, 0.25) is 0 Å². The molecule has 0 fully saturated rings. The van der Waals surface area contributed by atoms with E-state index in [0.29, 0.717) is 6.61 Å². The number of hydroxylamine groups is 3. The number of allylic oxidation sites excluding steroid dienone is 3. The van der Waals surface area contributed by atoms with Gasteiger partial charge in [-0.1, -0.05) is 16.8 Å². The highest BCUT2D eigenvalue weighted by atomic mass is 16.7. The minimum Gasteiger partial charge on any atom is -0.452 e. The Morgan fingerprint density at radius 1 is 1.26 bits per heavy atom. The second-order valence-corrected chi connectivity index (χ2v) is 6.68. The van der Waals surface area contributed by atoms with Gasteiger partial charge in [0, 0.05) is 31.9 Å². The lowest BCUT2D eigenvalue weighted by molar-refractivity contribution is -0.962. The van der Waals surface area contributed by atoms with E-state index in [1.165, 1.54) is 11.1 Å². The largest absolute Gasteiger partial charge is 0.452 e. The van der Waals surface area contributed by atoms with Crippen LogP contribution in [-0.4, -0.2) is 49.3 Å². The van der Waals surface area contributed by atoms with Gasteiger partial charge < -0.3 is 14.8 Å². The van der Waals surface area contributed by atoms with Crippen molar-refractivity contribution in [1.82, 2.24) is 10.2 Å². The molecular weight excluding hydrogens is 344 g/mol. The first kappa shape index (κ1) is 17.9. The quantitative estimate of drug-likeness (QED) is 0.578. The molecule has 1 aromatic rings. The zero-order valence-electron chi connectivity index (χ0n) is 16.0. The van der Waals surface area contributed by atoms with Gasteiger partial charge in [-0.25, -0.2) is 0 Å². The maximum atomic E-state index is 6.02. The summed E-state index contributed by atoms with van der Waals surface area (Å²) in [6, 6.07) is 0. The number of nitrogens with one attached hydrogen (secondary N) is 1. The van der Waals surface area contributed by atoms with Gasteiger partial charge in [-0.15, -0.1) is 5.10 Å². The summed E-state index contributed by atoms with van der Waals surface area (Å²) in [5, 5.41) is 14.0. The minimum absolute atomic E-state index is 0.0785. The number of fused-ring (bicyclic) bond motifs is 3. The molecule has 3 aliphatic rings. The van der Waals surface area contributed by atoms with Gasteiger partial charge in [0.05, 0.1) is 30.9 Å². The lowest BCUT2D eigenvalue weighted by Crippen LogP contribution is -2.42. The molecule has 0 aromatic carbocycles. The molecule has 7 nitrogen and oxygen atoms in total. The molecule has 0 saturated carbocycles. The summed E-state index contributed by atoms with van der Waals surface area (Å²) < 4.78 is 11.0. The van der Waals surface area contributed by atoms with Gasteiger partial charge >= 0.3 is 5.88 Å². The topological polar surface area (TPSA) is 65.5 Å². The highest BCUT2D eigenvalue weighted by Crippen LogP contribution is 2.43. The highest BCUT2D eigenvalue weighted by molar-refractivity contribution is 5.74. The first-order chi connectivity index (χ1) is 13.2. The van der Waals surface area contributed by atoms with E-state index in [4.69, 9.17) is 14.3 Å². The SMILES string of the molecule is COCCCNc1nncc2c1=C1C3=C(C=C(OC)[N+]1(OC)C=2)CCC=C3. The number of methoxy groups -OCH3 is 2. The van der Waals surface area contributed by atoms with Gasteiger partial charge in [-0.2, -0.15) is 9.94 Å². The third-order valence-corrected chi connectivity index (χ3v) is 5.18. The molecule has 7 heteroatoms. The molecule has 1 aromatic heterocycles. The molecule has 142 valence electrons. The van der Waals surface area contributed by atoms with Crippen LogP contribution in [0.15, 0.2) is 41.5 Å². The lowest BCUT2D eigenvalue weighted by atomic mass is 9.91. The van der Waals surface area contributed by atoms with Crippen LogP contribution in [0.3, 0.4) is 0 Å². The smallest absolute Gasteiger partial charge is 0.335 e. The predicted molar refractivity (Wildman–Crippen MR) is 102 cm³/mol. The van der Waals surface area contributed by atoms with Crippen molar-refractivity contribution in [3.63, 3.8) is 0 Å². The van der Waals surface area contributed by atoms with E-state index < -0.39 is 0 Å². The number of nitrogens with zero attached hydrogens (tertiary/aromatic N) is 3. The van der Waals surface area contributed by atoms with E-state index in [0.717, 1.165) is 53.6 Å². The van der Waals surface area contributed by atoms with E-state index in [9.17, 15) is 0 Å². The molecule has 1 unspecified atom stereocenters. The number of hydrogen-bond donors (Lipinski definition) is 1. The molecule has 1 atom stereocenters. The predicted octanol–water partition coefficient (Wildman–Crippen LogP) is 1.31. The summed E-state index contributed by atoms with van der Waals surface area (Å²) in [6.45, 7) is 1.46. The fraction of sp³-hybridized carbons (Fsp3) is 0.400. The van der Waals surface area contributed by atoms with Crippen LogP contribution in [0.5, 0.6) is 0 Å². The van der Waals surface area contributed by atoms with Crippen LogP contribution in [0.4, 0.5) is 5.82 Å². The van der Waals surface area contributed by atoms with Gasteiger partial charge in [-0.3, -0.25) is 0 Å². The van der Waals surface area contributed by atoms with E-state index >= 15 is 0 Å². The van der Waals surface area contributed by atoms with Crippen molar-refractivity contribution in [2.75, 3.05) is 39.8 Å². The molecule has 0 saturated heterocycles. The van der Waals surface area contributed by atoms with Crippen LogP contribution in [-0.2, 0) is 14.3 Å². The molecule has 0 radical (unpaired) electrons. The monoisotopic (exact) mass is 369 g/mol. The van der Waals surface area contributed by atoms with Gasteiger partial charge in [0.25, 0.3) is 0 Å². The summed E-state index contributed by atoms with van der Waals surface area (Å²) >= 11 is 0. The Kier molecular flexibility index (Phi) is 4.82. The standard InChI is InChI=1S/C20H25N4O3/c1-25-10-6-9-21-20-18-15(12-22-23-20)13-24(27-3)17(26-2)11-14-7-4-5-8-16(14)19(18)24/h5,8,11-13H,4,6-7,9-10H2,1-3H3,(H,21,23)/q+1. The van der Waals surface area contributed by atoms with Crippen molar-refractivity contribution in [3.05, 3.63) is 51.9 Å². The summed E-state index contributed by atoms with van der Waals surface area (Å²) in [5.74, 6) is 1.50. The minimum atomic E-state index is 0.0785. The molecule has 1 N–H and O–H groups in total. The zero-order chi connectivity index (χ0) is 18.9. The van der Waals surface area contributed by atoms with Gasteiger partial charge in [-0.05, 0) is 24.8 Å². The van der Waals surface area contributed by atoms with Crippen LogP contribution in [0.1, 0.15) is 19.3 Å². The fourth-order valence-electron chi connectivity index (χ4n) is 3.94. The Morgan fingerprint density at radius 2 is 2.15 bits per heavy atom. The van der Waals surface area contributed by atoms with E-state index in [1.54, 1.807) is 27.5 Å². The van der Waals surface area contributed by atoms with E-state index in [2.05, 4.69) is 33.7 Å². The average molecular weight is 369 g/mol. The molecular formula is C20H25N4O3+. The Labute approximate surface area is 158 Å². The number of aromatic nitrogens is 2. The maximum Gasteiger partial charge on any atom is 0.335 e. The molecule has 0 amide bonds. The van der Waals surface area contributed by atoms with Gasteiger partial charge in [0.1, 0.15) is 0 Å². The van der Waals surface area contributed by atoms with Crippen LogP contribution < -0.4 is 15.8 Å². The molecule has 3 heterocycles. The molecule has 27 heavy (non-hydrogen) atoms. The summed E-state index contributed by atoms with van der Waals surface area (Å²) in [7, 11) is 5.09. The molecule has 4 rings (SSSR count). The number of rotatable bonds is 7. The van der Waals surface area contributed by atoms with Crippen molar-refractivity contribution in [2.24, 2.45) is 0 Å². The Bertz CT molecular complexity index is 964. The molecule has 1 aliphatic carbocycles. The fourth-order valence-corrected chi connectivity index (χ4v) is 3.94. The van der Waals surface area contributed by atoms with Crippen LogP contribution in [0.25, 0.3) is 11.9 Å². The first-order valence-electron chi connectivity index (χ1n) is 9.18. The average Bonchev–Trinajstić information content (AvgIpc) is 3.07. The number of quaternary nitrogens is 1. The number of hydrogen-bond acceptors (Lipinski definition) is 6. The van der Waals surface area contributed by atoms with Crippen molar-refractivity contribution in [2.45, 2.75) is 19.3 Å². The summed E-state index contributed by atoms with van der Waals surface area (Å²) in [4.78, 5) is 6.02. The van der Waals surface area contributed by atoms with E-state index in [-0.39, 0.29) is 4.65 Å². The van der Waals surface area contributed by atoms with Crippen molar-refractivity contribution < 1.29 is 19.0 Å². The normalized spacial score (nSPS) is 22.6. The summed E-state index contributed by atoms with van der Waals surface area (Å²) in [6.07, 6.45) is 13.2. The van der Waals surface area contributed by atoms with Crippen LogP contribution >= 0.6 is 0 Å². The zero-order valence-corrected chi connectivity index (χ0v) is 16.0. The highest BCUT2D eigenvalue weighted by Gasteiger charge is 2.49. The van der Waals surface area contributed by atoms with Crippen molar-refractivity contribution in [3.8, 4) is 0 Å². The van der Waals surface area contributed by atoms with E-state index in [1.807, 2.05) is 6.20 Å². The Hall–Kier alpha value is -2.48. The Morgan fingerprint density at radius 3 is 2.93 bits per heavy atom. The van der Waals surface area contributed by atoms with Gasteiger partial charge in [0.15, 0.2) is 17.7 Å². The molecule has 2 aliphatic heterocycles. The third-order valence-electron chi connectivity index (χ3n) is 5.18. The molecule has 0 bridgehead atoms. The third kappa shape index (κ3) is 2.79. The second kappa shape index (κ2) is 7.26. The number of anilines is 1. The van der Waals surface area contributed by atoms with Crippen molar-refractivity contribution >= 4 is 17.7 Å².